The first-order valence-electron chi connectivity index (χ1n) is 10.6. The summed E-state index contributed by atoms with van der Waals surface area (Å²) in [6.45, 7) is 7.41. The number of ether oxygens (including phenoxy) is 2. The molecule has 154 valence electrons. The van der Waals surface area contributed by atoms with Gasteiger partial charge in [-0.25, -0.2) is 9.97 Å². The van der Waals surface area contributed by atoms with Gasteiger partial charge in [-0.15, -0.1) is 0 Å². The van der Waals surface area contributed by atoms with Crippen molar-refractivity contribution >= 4 is 11.9 Å². The second kappa shape index (κ2) is 7.95. The summed E-state index contributed by atoms with van der Waals surface area (Å²) in [5.41, 5.74) is 0.956. The Labute approximate surface area is 167 Å². The normalized spacial score (nSPS) is 30.8. The molecule has 3 fully saturated rings. The minimum Gasteiger partial charge on any atom is -0.371 e. The molecule has 1 aromatic heterocycles. The van der Waals surface area contributed by atoms with Gasteiger partial charge < -0.3 is 20.1 Å². The van der Waals surface area contributed by atoms with Crippen molar-refractivity contribution in [1.82, 2.24) is 15.3 Å². The van der Waals surface area contributed by atoms with Crippen LogP contribution in [0, 0.1) is 5.92 Å². The van der Waals surface area contributed by atoms with Gasteiger partial charge in [0.25, 0.3) is 0 Å². The van der Waals surface area contributed by atoms with Crippen molar-refractivity contribution < 1.29 is 14.3 Å². The molecule has 4 rings (SSSR count). The van der Waals surface area contributed by atoms with Crippen LogP contribution in [0.5, 0.6) is 0 Å². The zero-order valence-electron chi connectivity index (χ0n) is 17.1. The smallest absolute Gasteiger partial charge is 0.223 e. The minimum atomic E-state index is -0.115. The average Bonchev–Trinajstić information content (AvgIpc) is 3.26. The van der Waals surface area contributed by atoms with Crippen molar-refractivity contribution in [3.63, 3.8) is 0 Å². The van der Waals surface area contributed by atoms with E-state index in [1.165, 1.54) is 6.42 Å². The molecule has 2 aliphatic heterocycles. The molecule has 2 N–H and O–H groups in total. The number of carbonyl (C=O) groups is 1. The Balaban J connectivity index is 1.35. The van der Waals surface area contributed by atoms with Gasteiger partial charge in [-0.2, -0.15) is 0 Å². The fourth-order valence-electron chi connectivity index (χ4n) is 4.42. The Kier molecular flexibility index (Phi) is 5.56. The molecule has 28 heavy (non-hydrogen) atoms. The van der Waals surface area contributed by atoms with Crippen LogP contribution in [0.1, 0.15) is 58.6 Å². The molecule has 3 heterocycles. The molecular weight excluding hydrogens is 356 g/mol. The quantitative estimate of drug-likeness (QED) is 0.824. The van der Waals surface area contributed by atoms with Gasteiger partial charge in [-0.3, -0.25) is 4.79 Å². The Morgan fingerprint density at radius 3 is 2.46 bits per heavy atom. The van der Waals surface area contributed by atoms with E-state index in [2.05, 4.69) is 41.4 Å². The third-order valence-electron chi connectivity index (χ3n) is 6.10. The number of amides is 1. The van der Waals surface area contributed by atoms with Crippen LogP contribution in [0.15, 0.2) is 12.3 Å². The number of fused-ring (bicyclic) bond motifs is 1. The molecule has 0 bridgehead atoms. The van der Waals surface area contributed by atoms with Gasteiger partial charge in [-0.05, 0) is 18.9 Å². The molecule has 1 aromatic rings. The lowest BCUT2D eigenvalue weighted by atomic mass is 9.88. The number of nitrogens with zero attached hydrogens (tertiary/aromatic N) is 2. The zero-order chi connectivity index (χ0) is 19.7. The number of anilines is 1. The van der Waals surface area contributed by atoms with Crippen molar-refractivity contribution in [2.24, 2.45) is 5.92 Å². The zero-order valence-corrected chi connectivity index (χ0v) is 17.1. The van der Waals surface area contributed by atoms with Crippen LogP contribution in [0.25, 0.3) is 0 Å². The van der Waals surface area contributed by atoms with Crippen LogP contribution in [0.3, 0.4) is 0 Å². The number of aromatic nitrogens is 2. The van der Waals surface area contributed by atoms with Gasteiger partial charge in [0.15, 0.2) is 0 Å². The lowest BCUT2D eigenvalue weighted by molar-refractivity contribution is -0.127. The standard InChI is InChI=1S/C21H32N4O3/c1-21(2,3)16-9-10-22-20(25-16)24-15-12-28-17-14(11-27-18(15)17)23-19(26)13-7-5-4-6-8-13/h9-10,13-15,17-18H,4-8,11-12H2,1-3H3,(H,23,26)(H,22,24,25)/t14-,15-,17+,18+/m0/s1. The maximum Gasteiger partial charge on any atom is 0.223 e. The van der Waals surface area contributed by atoms with E-state index in [-0.39, 0.29) is 41.5 Å². The largest absolute Gasteiger partial charge is 0.371 e. The molecule has 0 aromatic carbocycles. The number of carbonyl (C=O) groups excluding carboxylic acids is 1. The summed E-state index contributed by atoms with van der Waals surface area (Å²) in [6.07, 6.45) is 7.12. The average molecular weight is 389 g/mol. The lowest BCUT2D eigenvalue weighted by Crippen LogP contribution is -2.47. The molecule has 0 unspecified atom stereocenters. The summed E-state index contributed by atoms with van der Waals surface area (Å²) in [5.74, 6) is 0.909. The Morgan fingerprint density at radius 1 is 1.07 bits per heavy atom. The molecule has 3 aliphatic rings. The van der Waals surface area contributed by atoms with E-state index in [0.29, 0.717) is 19.2 Å². The predicted molar refractivity (Wildman–Crippen MR) is 106 cm³/mol. The number of nitrogens with one attached hydrogen (secondary N) is 2. The highest BCUT2D eigenvalue weighted by molar-refractivity contribution is 5.79. The maximum absolute atomic E-state index is 12.6. The molecular formula is C21H32N4O3. The van der Waals surface area contributed by atoms with Crippen molar-refractivity contribution in [2.75, 3.05) is 18.5 Å². The van der Waals surface area contributed by atoms with Crippen LogP contribution in [-0.2, 0) is 19.7 Å². The first-order valence-corrected chi connectivity index (χ1v) is 10.6. The fraction of sp³-hybridized carbons (Fsp3) is 0.762. The lowest BCUT2D eigenvalue weighted by Gasteiger charge is -2.24. The van der Waals surface area contributed by atoms with E-state index in [4.69, 9.17) is 9.47 Å². The molecule has 2 saturated heterocycles. The first-order chi connectivity index (χ1) is 13.4. The number of rotatable bonds is 4. The second-order valence-electron chi connectivity index (χ2n) is 9.31. The summed E-state index contributed by atoms with van der Waals surface area (Å²) in [7, 11) is 0. The number of hydrogen-bond donors (Lipinski definition) is 2. The van der Waals surface area contributed by atoms with Crippen LogP contribution < -0.4 is 10.6 Å². The highest BCUT2D eigenvalue weighted by Crippen LogP contribution is 2.30. The van der Waals surface area contributed by atoms with Gasteiger partial charge in [0.2, 0.25) is 11.9 Å². The van der Waals surface area contributed by atoms with Gasteiger partial charge in [0.1, 0.15) is 12.2 Å². The summed E-state index contributed by atoms with van der Waals surface area (Å²) in [6, 6.07) is 1.85. The van der Waals surface area contributed by atoms with E-state index < -0.39 is 0 Å². The molecule has 4 atom stereocenters. The molecule has 7 heteroatoms. The van der Waals surface area contributed by atoms with Gasteiger partial charge in [-0.1, -0.05) is 40.0 Å². The molecule has 7 nitrogen and oxygen atoms in total. The van der Waals surface area contributed by atoms with Crippen molar-refractivity contribution in [3.8, 4) is 0 Å². The minimum absolute atomic E-state index is 0.0169. The topological polar surface area (TPSA) is 85.4 Å². The molecule has 1 aliphatic carbocycles. The molecule has 0 radical (unpaired) electrons. The van der Waals surface area contributed by atoms with Crippen LogP contribution in [0.4, 0.5) is 5.95 Å². The monoisotopic (exact) mass is 388 g/mol. The van der Waals surface area contributed by atoms with Gasteiger partial charge in [0, 0.05) is 17.5 Å². The Hall–Kier alpha value is -1.73. The van der Waals surface area contributed by atoms with E-state index in [1.807, 2.05) is 6.07 Å². The fourth-order valence-corrected chi connectivity index (χ4v) is 4.42. The highest BCUT2D eigenvalue weighted by atomic mass is 16.6. The van der Waals surface area contributed by atoms with Crippen LogP contribution in [-0.4, -0.2) is 53.4 Å². The highest BCUT2D eigenvalue weighted by Gasteiger charge is 2.48. The molecule has 1 saturated carbocycles. The van der Waals surface area contributed by atoms with E-state index in [1.54, 1.807) is 6.20 Å². The Morgan fingerprint density at radius 2 is 1.75 bits per heavy atom. The molecule has 1 amide bonds. The summed E-state index contributed by atoms with van der Waals surface area (Å²) < 4.78 is 12.0. The van der Waals surface area contributed by atoms with E-state index >= 15 is 0 Å². The predicted octanol–water partition coefficient (Wildman–Crippen LogP) is 2.42. The summed E-state index contributed by atoms with van der Waals surface area (Å²) >= 11 is 0. The van der Waals surface area contributed by atoms with Crippen molar-refractivity contribution in [1.29, 1.82) is 0 Å². The van der Waals surface area contributed by atoms with Gasteiger partial charge >= 0.3 is 0 Å². The third-order valence-corrected chi connectivity index (χ3v) is 6.10. The summed E-state index contributed by atoms with van der Waals surface area (Å²) in [5, 5.41) is 6.56. The number of hydrogen-bond acceptors (Lipinski definition) is 6. The van der Waals surface area contributed by atoms with Crippen LogP contribution >= 0.6 is 0 Å². The Bertz CT molecular complexity index is 699. The maximum atomic E-state index is 12.6. The SMILES string of the molecule is CC(C)(C)c1ccnc(N[C@H]2CO[C@H]3[C@@H]2OC[C@@H]3NC(=O)C2CCCCC2)n1. The van der Waals surface area contributed by atoms with E-state index in [0.717, 1.165) is 31.4 Å². The second-order valence-corrected chi connectivity index (χ2v) is 9.31. The first kappa shape index (κ1) is 19.6. The van der Waals surface area contributed by atoms with Gasteiger partial charge in [0.05, 0.1) is 31.0 Å². The van der Waals surface area contributed by atoms with E-state index in [9.17, 15) is 4.79 Å². The van der Waals surface area contributed by atoms with Crippen LogP contribution in [0.2, 0.25) is 0 Å². The van der Waals surface area contributed by atoms with Crippen molar-refractivity contribution in [3.05, 3.63) is 18.0 Å². The van der Waals surface area contributed by atoms with Crippen molar-refractivity contribution in [2.45, 2.75) is 82.6 Å². The molecule has 0 spiro atoms. The summed E-state index contributed by atoms with van der Waals surface area (Å²) in [4.78, 5) is 21.6. The third kappa shape index (κ3) is 4.15.